The number of nitrogen functional groups attached to an aromatic ring is 1. The molecule has 0 radical (unpaired) electrons. The smallest absolute Gasteiger partial charge is 0.232 e. The van der Waals surface area contributed by atoms with Gasteiger partial charge in [-0.25, -0.2) is 0 Å². The summed E-state index contributed by atoms with van der Waals surface area (Å²) in [5.74, 6) is 1.43. The van der Waals surface area contributed by atoms with Gasteiger partial charge in [-0.3, -0.25) is 9.78 Å². The van der Waals surface area contributed by atoms with Gasteiger partial charge in [0.15, 0.2) is 0 Å². The molecule has 0 aromatic carbocycles. The van der Waals surface area contributed by atoms with Crippen LogP contribution in [-0.2, 0) is 4.79 Å². The number of thioether (sulfide) groups is 1. The van der Waals surface area contributed by atoms with Crippen molar-refractivity contribution in [2.45, 2.75) is 43.5 Å². The van der Waals surface area contributed by atoms with Crippen molar-refractivity contribution >= 4 is 23.4 Å². The van der Waals surface area contributed by atoms with E-state index in [4.69, 9.17) is 5.73 Å². The van der Waals surface area contributed by atoms with E-state index < -0.39 is 0 Å². The van der Waals surface area contributed by atoms with Gasteiger partial charge in [-0.1, -0.05) is 6.92 Å². The van der Waals surface area contributed by atoms with E-state index in [0.717, 1.165) is 23.7 Å². The van der Waals surface area contributed by atoms with Gasteiger partial charge in [0.25, 0.3) is 0 Å². The molecule has 2 rings (SSSR count). The van der Waals surface area contributed by atoms with Crippen LogP contribution in [0.15, 0.2) is 23.4 Å². The number of nitrogens with two attached hydrogens (primary N) is 1. The van der Waals surface area contributed by atoms with Gasteiger partial charge in [0, 0.05) is 24.2 Å². The average molecular weight is 293 g/mol. The number of amides is 1. The minimum Gasteiger partial charge on any atom is -0.397 e. The summed E-state index contributed by atoms with van der Waals surface area (Å²) < 4.78 is 0. The third-order valence-electron chi connectivity index (χ3n) is 4.09. The first-order valence-corrected chi connectivity index (χ1v) is 8.14. The molecule has 110 valence electrons. The highest BCUT2D eigenvalue weighted by Gasteiger charge is 2.24. The fourth-order valence-electron chi connectivity index (χ4n) is 2.60. The van der Waals surface area contributed by atoms with E-state index >= 15 is 0 Å². The van der Waals surface area contributed by atoms with E-state index in [-0.39, 0.29) is 5.91 Å². The molecule has 1 aromatic heterocycles. The molecule has 20 heavy (non-hydrogen) atoms. The van der Waals surface area contributed by atoms with Crippen molar-refractivity contribution in [3.05, 3.63) is 18.5 Å². The van der Waals surface area contributed by atoms with Crippen molar-refractivity contribution in [2.75, 3.05) is 18.5 Å². The van der Waals surface area contributed by atoms with Crippen molar-refractivity contribution in [1.82, 2.24) is 9.88 Å². The van der Waals surface area contributed by atoms with Crippen LogP contribution in [0.25, 0.3) is 0 Å². The Morgan fingerprint density at radius 3 is 2.80 bits per heavy atom. The van der Waals surface area contributed by atoms with Crippen LogP contribution < -0.4 is 5.73 Å². The summed E-state index contributed by atoms with van der Waals surface area (Å²) in [7, 11) is 1.93. The molecule has 0 unspecified atom stereocenters. The van der Waals surface area contributed by atoms with E-state index in [2.05, 4.69) is 11.9 Å². The van der Waals surface area contributed by atoms with Gasteiger partial charge in [0.1, 0.15) is 0 Å². The SMILES string of the molecule is CC1CCC(N(C)C(=O)CSc2ccncc2N)CC1. The molecule has 4 nitrogen and oxygen atoms in total. The molecule has 1 heterocycles. The molecule has 0 saturated heterocycles. The van der Waals surface area contributed by atoms with Crippen molar-refractivity contribution in [3.8, 4) is 0 Å². The summed E-state index contributed by atoms with van der Waals surface area (Å²) in [6.45, 7) is 2.29. The first-order valence-electron chi connectivity index (χ1n) is 7.16. The summed E-state index contributed by atoms with van der Waals surface area (Å²) >= 11 is 1.49. The highest BCUT2D eigenvalue weighted by molar-refractivity contribution is 8.00. The largest absolute Gasteiger partial charge is 0.397 e. The molecule has 1 aliphatic carbocycles. The maximum absolute atomic E-state index is 12.3. The van der Waals surface area contributed by atoms with E-state index in [0.29, 0.717) is 17.5 Å². The predicted molar refractivity (Wildman–Crippen MR) is 83.6 cm³/mol. The minimum atomic E-state index is 0.186. The van der Waals surface area contributed by atoms with Crippen molar-refractivity contribution in [2.24, 2.45) is 5.92 Å². The lowest BCUT2D eigenvalue weighted by Gasteiger charge is -2.33. The van der Waals surface area contributed by atoms with Crippen molar-refractivity contribution < 1.29 is 4.79 Å². The lowest BCUT2D eigenvalue weighted by molar-refractivity contribution is -0.129. The molecular formula is C15H23N3OS. The zero-order valence-corrected chi connectivity index (χ0v) is 13.0. The number of carbonyl (C=O) groups is 1. The number of nitrogens with zero attached hydrogens (tertiary/aromatic N) is 2. The van der Waals surface area contributed by atoms with Crippen LogP contribution in [-0.4, -0.2) is 34.6 Å². The molecule has 1 amide bonds. The maximum Gasteiger partial charge on any atom is 0.232 e. The number of carbonyl (C=O) groups excluding carboxylic acids is 1. The zero-order chi connectivity index (χ0) is 14.5. The van der Waals surface area contributed by atoms with Gasteiger partial charge in [-0.05, 0) is 37.7 Å². The lowest BCUT2D eigenvalue weighted by Crippen LogP contribution is -2.40. The Hall–Kier alpha value is -1.23. The maximum atomic E-state index is 12.3. The highest BCUT2D eigenvalue weighted by atomic mass is 32.2. The second-order valence-electron chi connectivity index (χ2n) is 5.62. The number of pyridine rings is 1. The van der Waals surface area contributed by atoms with Gasteiger partial charge in [0.2, 0.25) is 5.91 Å². The summed E-state index contributed by atoms with van der Waals surface area (Å²) in [6.07, 6.45) is 8.05. The van der Waals surface area contributed by atoms with Gasteiger partial charge < -0.3 is 10.6 Å². The Bertz CT molecular complexity index is 458. The molecule has 1 aromatic rings. The fraction of sp³-hybridized carbons (Fsp3) is 0.600. The Morgan fingerprint density at radius 2 is 2.15 bits per heavy atom. The zero-order valence-electron chi connectivity index (χ0n) is 12.2. The van der Waals surface area contributed by atoms with Gasteiger partial charge in [0.05, 0.1) is 17.6 Å². The van der Waals surface area contributed by atoms with Crippen LogP contribution in [0.3, 0.4) is 0 Å². The topological polar surface area (TPSA) is 59.2 Å². The number of hydrogen-bond donors (Lipinski definition) is 1. The van der Waals surface area contributed by atoms with Crippen LogP contribution in [0.2, 0.25) is 0 Å². The van der Waals surface area contributed by atoms with Gasteiger partial charge >= 0.3 is 0 Å². The van der Waals surface area contributed by atoms with Crippen LogP contribution >= 0.6 is 11.8 Å². The molecule has 5 heteroatoms. The molecule has 2 N–H and O–H groups in total. The summed E-state index contributed by atoms with van der Waals surface area (Å²) in [6, 6.07) is 2.27. The molecule has 0 aliphatic heterocycles. The van der Waals surface area contributed by atoms with E-state index in [1.165, 1.54) is 24.6 Å². The third-order valence-corrected chi connectivity index (χ3v) is 5.16. The first-order chi connectivity index (χ1) is 9.58. The second-order valence-corrected chi connectivity index (χ2v) is 6.64. The summed E-state index contributed by atoms with van der Waals surface area (Å²) in [5.41, 5.74) is 6.47. The molecular weight excluding hydrogens is 270 g/mol. The Balaban J connectivity index is 1.84. The van der Waals surface area contributed by atoms with Crippen molar-refractivity contribution in [3.63, 3.8) is 0 Å². The second kappa shape index (κ2) is 6.97. The normalized spacial score (nSPS) is 22.5. The van der Waals surface area contributed by atoms with E-state index in [1.54, 1.807) is 12.4 Å². The third kappa shape index (κ3) is 3.88. The van der Waals surface area contributed by atoms with Crippen LogP contribution in [0, 0.1) is 5.92 Å². The van der Waals surface area contributed by atoms with Crippen LogP contribution in [0.4, 0.5) is 5.69 Å². The number of hydrogen-bond acceptors (Lipinski definition) is 4. The van der Waals surface area contributed by atoms with Gasteiger partial charge in [-0.2, -0.15) is 0 Å². The first kappa shape index (κ1) is 15.2. The molecule has 0 atom stereocenters. The van der Waals surface area contributed by atoms with E-state index in [9.17, 15) is 4.79 Å². The lowest BCUT2D eigenvalue weighted by atomic mass is 9.87. The predicted octanol–water partition coefficient (Wildman–Crippen LogP) is 2.79. The quantitative estimate of drug-likeness (QED) is 0.867. The monoisotopic (exact) mass is 293 g/mol. The van der Waals surface area contributed by atoms with Gasteiger partial charge in [-0.15, -0.1) is 11.8 Å². The molecule has 1 aliphatic rings. The summed E-state index contributed by atoms with van der Waals surface area (Å²) in [5, 5.41) is 0. The molecule has 0 spiro atoms. The fourth-order valence-corrected chi connectivity index (χ4v) is 3.46. The number of rotatable bonds is 4. The number of aromatic nitrogens is 1. The average Bonchev–Trinajstić information content (AvgIpc) is 2.46. The minimum absolute atomic E-state index is 0.186. The van der Waals surface area contributed by atoms with Crippen LogP contribution in [0.5, 0.6) is 0 Å². The standard InChI is InChI=1S/C15H23N3OS/c1-11-3-5-12(6-4-11)18(2)15(19)10-20-14-7-8-17-9-13(14)16/h7-9,11-12H,3-6,10,16H2,1-2H3. The Kier molecular flexibility index (Phi) is 5.29. The number of anilines is 1. The Morgan fingerprint density at radius 1 is 1.45 bits per heavy atom. The molecule has 1 saturated carbocycles. The van der Waals surface area contributed by atoms with E-state index in [1.807, 2.05) is 18.0 Å². The van der Waals surface area contributed by atoms with Crippen molar-refractivity contribution in [1.29, 1.82) is 0 Å². The highest BCUT2D eigenvalue weighted by Crippen LogP contribution is 2.28. The molecule has 1 fully saturated rings. The Labute approximate surface area is 125 Å². The summed E-state index contributed by atoms with van der Waals surface area (Å²) in [4.78, 5) is 19.1. The molecule has 0 bridgehead atoms. The van der Waals surface area contributed by atoms with Crippen LogP contribution in [0.1, 0.15) is 32.6 Å².